The molecule has 2 aromatic rings. The minimum atomic E-state index is -1.00. The summed E-state index contributed by atoms with van der Waals surface area (Å²) in [5.41, 5.74) is 1.66. The molecule has 1 N–H and O–H groups in total. The van der Waals surface area contributed by atoms with Crippen LogP contribution in [0.4, 0.5) is 5.69 Å². The van der Waals surface area contributed by atoms with Crippen molar-refractivity contribution < 1.29 is 19.5 Å². The molecule has 0 aromatic heterocycles. The van der Waals surface area contributed by atoms with E-state index in [1.54, 1.807) is 30.1 Å². The van der Waals surface area contributed by atoms with E-state index in [4.69, 9.17) is 0 Å². The minimum absolute atomic E-state index is 0.0806. The van der Waals surface area contributed by atoms with Crippen LogP contribution < -0.4 is 4.90 Å². The number of para-hydroxylation sites is 1. The molecule has 1 fully saturated rings. The van der Waals surface area contributed by atoms with Crippen LogP contribution in [0.1, 0.15) is 28.8 Å². The van der Waals surface area contributed by atoms with Gasteiger partial charge in [-0.15, -0.1) is 0 Å². The lowest BCUT2D eigenvalue weighted by atomic mass is 10.0. The van der Waals surface area contributed by atoms with Crippen LogP contribution in [0.2, 0.25) is 0 Å². The van der Waals surface area contributed by atoms with Crippen LogP contribution in [-0.2, 0) is 16.0 Å². The van der Waals surface area contributed by atoms with Crippen molar-refractivity contribution in [3.05, 3.63) is 65.7 Å². The highest BCUT2D eigenvalue weighted by atomic mass is 16.4. The number of amides is 2. The Morgan fingerprint density at radius 3 is 2.48 bits per heavy atom. The SMILES string of the molecule is CN(C(=O)CCc1ccccc1C(=O)O)C1CCN(c2ccccc2)C1=O. The van der Waals surface area contributed by atoms with Crippen LogP contribution in [-0.4, -0.2) is 47.4 Å². The Balaban J connectivity index is 1.63. The summed E-state index contributed by atoms with van der Waals surface area (Å²) in [4.78, 5) is 39.8. The smallest absolute Gasteiger partial charge is 0.335 e. The Morgan fingerprint density at radius 1 is 1.11 bits per heavy atom. The lowest BCUT2D eigenvalue weighted by Crippen LogP contribution is -2.43. The maximum Gasteiger partial charge on any atom is 0.335 e. The van der Waals surface area contributed by atoms with Gasteiger partial charge in [-0.25, -0.2) is 4.79 Å². The Kier molecular flexibility index (Phi) is 5.54. The van der Waals surface area contributed by atoms with E-state index in [2.05, 4.69) is 0 Å². The molecule has 1 heterocycles. The van der Waals surface area contributed by atoms with Crippen LogP contribution in [0.15, 0.2) is 54.6 Å². The monoisotopic (exact) mass is 366 g/mol. The number of likely N-dealkylation sites (N-methyl/N-ethyl adjacent to an activating group) is 1. The second kappa shape index (κ2) is 8.03. The van der Waals surface area contributed by atoms with E-state index in [1.165, 1.54) is 11.0 Å². The van der Waals surface area contributed by atoms with Gasteiger partial charge in [0.2, 0.25) is 11.8 Å². The Labute approximate surface area is 158 Å². The standard InChI is InChI=1S/C21H22N2O4/c1-22(18-13-14-23(20(18)25)16-8-3-2-4-9-16)19(24)12-11-15-7-5-6-10-17(15)21(26)27/h2-10,18H,11-14H2,1H3,(H,26,27). The van der Waals surface area contributed by atoms with Crippen LogP contribution in [0.3, 0.4) is 0 Å². The number of hydrogen-bond donors (Lipinski definition) is 1. The number of anilines is 1. The van der Waals surface area contributed by atoms with Crippen molar-refractivity contribution in [1.82, 2.24) is 4.90 Å². The molecule has 0 radical (unpaired) electrons. The summed E-state index contributed by atoms with van der Waals surface area (Å²) in [5.74, 6) is -1.25. The predicted octanol–water partition coefficient (Wildman–Crippen LogP) is 2.58. The molecule has 1 atom stereocenters. The first kappa shape index (κ1) is 18.6. The summed E-state index contributed by atoms with van der Waals surface area (Å²) >= 11 is 0. The number of hydrogen-bond acceptors (Lipinski definition) is 3. The number of carbonyl (C=O) groups excluding carboxylic acids is 2. The molecule has 0 bridgehead atoms. The maximum atomic E-state index is 12.7. The fraction of sp³-hybridized carbons (Fsp3) is 0.286. The molecule has 0 spiro atoms. The van der Waals surface area contributed by atoms with Gasteiger partial charge in [-0.05, 0) is 36.6 Å². The summed E-state index contributed by atoms with van der Waals surface area (Å²) in [6.45, 7) is 0.576. The zero-order valence-electron chi connectivity index (χ0n) is 15.2. The van der Waals surface area contributed by atoms with Crippen molar-refractivity contribution in [3.63, 3.8) is 0 Å². The van der Waals surface area contributed by atoms with Crippen molar-refractivity contribution in [3.8, 4) is 0 Å². The molecule has 6 heteroatoms. The zero-order chi connectivity index (χ0) is 19.4. The molecule has 2 aromatic carbocycles. The highest BCUT2D eigenvalue weighted by Crippen LogP contribution is 2.24. The summed E-state index contributed by atoms with van der Waals surface area (Å²) < 4.78 is 0. The molecule has 0 aliphatic carbocycles. The van der Waals surface area contributed by atoms with Crippen LogP contribution in [0.5, 0.6) is 0 Å². The van der Waals surface area contributed by atoms with Crippen molar-refractivity contribution in [2.75, 3.05) is 18.5 Å². The molecule has 1 aliphatic heterocycles. The molecule has 1 unspecified atom stereocenters. The molecule has 1 aliphatic rings. The number of nitrogens with zero attached hydrogens (tertiary/aromatic N) is 2. The van der Waals surface area contributed by atoms with Crippen molar-refractivity contribution in [2.24, 2.45) is 0 Å². The fourth-order valence-electron chi connectivity index (χ4n) is 3.43. The molecule has 2 amide bonds. The van der Waals surface area contributed by atoms with E-state index in [9.17, 15) is 19.5 Å². The summed E-state index contributed by atoms with van der Waals surface area (Å²) in [5, 5.41) is 9.24. The zero-order valence-corrected chi connectivity index (χ0v) is 15.2. The highest BCUT2D eigenvalue weighted by Gasteiger charge is 2.36. The topological polar surface area (TPSA) is 77.9 Å². The number of benzene rings is 2. The van der Waals surface area contributed by atoms with Crippen molar-refractivity contribution in [1.29, 1.82) is 0 Å². The molecule has 0 saturated carbocycles. The third-order valence-corrected chi connectivity index (χ3v) is 4.96. The number of carbonyl (C=O) groups is 3. The van der Waals surface area contributed by atoms with Gasteiger partial charge in [0, 0.05) is 25.7 Å². The van der Waals surface area contributed by atoms with Crippen molar-refractivity contribution >= 4 is 23.5 Å². The number of carboxylic acid groups (broad SMARTS) is 1. The van der Waals surface area contributed by atoms with E-state index in [1.807, 2.05) is 30.3 Å². The van der Waals surface area contributed by atoms with Crippen LogP contribution >= 0.6 is 0 Å². The van der Waals surface area contributed by atoms with Gasteiger partial charge in [0.25, 0.3) is 0 Å². The normalized spacial score (nSPS) is 16.4. The first-order chi connectivity index (χ1) is 13.0. The second-order valence-corrected chi connectivity index (χ2v) is 6.60. The largest absolute Gasteiger partial charge is 0.478 e. The lowest BCUT2D eigenvalue weighted by molar-refractivity contribution is -0.136. The van der Waals surface area contributed by atoms with E-state index in [-0.39, 0.29) is 23.8 Å². The van der Waals surface area contributed by atoms with Gasteiger partial charge in [0.1, 0.15) is 6.04 Å². The molecular formula is C21H22N2O4. The van der Waals surface area contributed by atoms with E-state index in [0.717, 1.165) is 5.69 Å². The van der Waals surface area contributed by atoms with Gasteiger partial charge in [0.05, 0.1) is 5.56 Å². The van der Waals surface area contributed by atoms with E-state index < -0.39 is 12.0 Å². The van der Waals surface area contributed by atoms with Crippen LogP contribution in [0.25, 0.3) is 0 Å². The summed E-state index contributed by atoms with van der Waals surface area (Å²) in [7, 11) is 1.64. The van der Waals surface area contributed by atoms with E-state index >= 15 is 0 Å². The van der Waals surface area contributed by atoms with Gasteiger partial charge < -0.3 is 14.9 Å². The van der Waals surface area contributed by atoms with Gasteiger partial charge >= 0.3 is 5.97 Å². The van der Waals surface area contributed by atoms with Gasteiger partial charge in [-0.2, -0.15) is 0 Å². The third kappa shape index (κ3) is 4.00. The summed E-state index contributed by atoms with van der Waals surface area (Å²) in [6.07, 6.45) is 1.08. The molecular weight excluding hydrogens is 344 g/mol. The quantitative estimate of drug-likeness (QED) is 0.852. The second-order valence-electron chi connectivity index (χ2n) is 6.60. The number of carboxylic acids is 1. The number of aryl methyl sites for hydroxylation is 1. The highest BCUT2D eigenvalue weighted by molar-refractivity contribution is 6.01. The lowest BCUT2D eigenvalue weighted by Gasteiger charge is -2.24. The molecule has 3 rings (SSSR count). The Bertz CT molecular complexity index is 850. The summed E-state index contributed by atoms with van der Waals surface area (Å²) in [6, 6.07) is 15.6. The Morgan fingerprint density at radius 2 is 1.78 bits per heavy atom. The number of aromatic carboxylic acids is 1. The van der Waals surface area contributed by atoms with Gasteiger partial charge in [0.15, 0.2) is 0 Å². The average molecular weight is 366 g/mol. The first-order valence-electron chi connectivity index (χ1n) is 8.92. The minimum Gasteiger partial charge on any atom is -0.478 e. The predicted molar refractivity (Wildman–Crippen MR) is 102 cm³/mol. The maximum absolute atomic E-state index is 12.7. The van der Waals surface area contributed by atoms with Crippen LogP contribution in [0, 0.1) is 0 Å². The fourth-order valence-corrected chi connectivity index (χ4v) is 3.43. The van der Waals surface area contributed by atoms with Crippen molar-refractivity contribution in [2.45, 2.75) is 25.3 Å². The average Bonchev–Trinajstić information content (AvgIpc) is 3.07. The number of rotatable bonds is 6. The van der Waals surface area contributed by atoms with Gasteiger partial charge in [-0.1, -0.05) is 36.4 Å². The molecule has 1 saturated heterocycles. The van der Waals surface area contributed by atoms with Gasteiger partial charge in [-0.3, -0.25) is 9.59 Å². The first-order valence-corrected chi connectivity index (χ1v) is 8.92. The third-order valence-electron chi connectivity index (χ3n) is 4.96. The molecule has 140 valence electrons. The molecule has 27 heavy (non-hydrogen) atoms. The van der Waals surface area contributed by atoms with E-state index in [0.29, 0.717) is 24.9 Å². The molecule has 6 nitrogen and oxygen atoms in total. The Hall–Kier alpha value is -3.15.